The van der Waals surface area contributed by atoms with Crippen LogP contribution in [-0.4, -0.2) is 34.6 Å². The molecule has 0 aromatic heterocycles. The fourth-order valence-electron chi connectivity index (χ4n) is 3.73. The Morgan fingerprint density at radius 3 is 1.07 bits per heavy atom. The van der Waals surface area contributed by atoms with E-state index in [1.54, 1.807) is 24.3 Å². The van der Waals surface area contributed by atoms with Crippen LogP contribution in [0.4, 0.5) is 0 Å². The molecule has 4 aromatic rings. The number of ether oxygens (including phenoxy) is 2. The van der Waals surface area contributed by atoms with E-state index < -0.39 is 6.10 Å². The molecule has 3 N–H and O–H groups in total. The average Bonchev–Trinajstić information content (AvgIpc) is 3.06. The van der Waals surface area contributed by atoms with E-state index in [4.69, 9.17) is 9.47 Å². The molecule has 0 heterocycles. The summed E-state index contributed by atoms with van der Waals surface area (Å²) >= 11 is 0. The van der Waals surface area contributed by atoms with Crippen LogP contribution < -0.4 is 9.47 Å². The number of hydrogen-bond donors (Lipinski definition) is 3. The summed E-state index contributed by atoms with van der Waals surface area (Å²) in [4.78, 5) is 0. The SMILES string of the molecule is CC.CC.CC.CC.Oc1ccccc1Cc1ccccc1OCC(O)COc1ccccc1Cc1ccccc1O. The molecule has 0 aliphatic heterocycles. The summed E-state index contributed by atoms with van der Waals surface area (Å²) in [6.45, 7) is 16.1. The molecule has 0 saturated heterocycles. The van der Waals surface area contributed by atoms with Gasteiger partial charge in [0, 0.05) is 12.8 Å². The van der Waals surface area contributed by atoms with Crippen molar-refractivity contribution in [2.45, 2.75) is 74.3 Å². The maximum absolute atomic E-state index is 10.5. The molecule has 230 valence electrons. The van der Waals surface area contributed by atoms with E-state index in [0.717, 1.165) is 22.3 Å². The second-order valence-corrected chi connectivity index (χ2v) is 8.10. The molecular formula is C37H52O5. The van der Waals surface area contributed by atoms with Gasteiger partial charge >= 0.3 is 0 Å². The summed E-state index contributed by atoms with van der Waals surface area (Å²) in [5.74, 6) is 1.80. The van der Waals surface area contributed by atoms with Crippen molar-refractivity contribution in [3.05, 3.63) is 119 Å². The average molecular weight is 577 g/mol. The van der Waals surface area contributed by atoms with E-state index in [1.165, 1.54) is 0 Å². The van der Waals surface area contributed by atoms with Crippen LogP contribution in [0.1, 0.15) is 77.6 Å². The van der Waals surface area contributed by atoms with E-state index in [0.29, 0.717) is 24.3 Å². The summed E-state index contributed by atoms with van der Waals surface area (Å²) in [5.41, 5.74) is 3.46. The molecule has 5 heteroatoms. The van der Waals surface area contributed by atoms with Crippen molar-refractivity contribution < 1.29 is 24.8 Å². The lowest BCUT2D eigenvalue weighted by atomic mass is 10.0. The lowest BCUT2D eigenvalue weighted by Crippen LogP contribution is -2.25. The zero-order valence-corrected chi connectivity index (χ0v) is 26.8. The maximum Gasteiger partial charge on any atom is 0.122 e. The Labute approximate surface area is 254 Å². The second-order valence-electron chi connectivity index (χ2n) is 8.10. The van der Waals surface area contributed by atoms with Gasteiger partial charge in [-0.05, 0) is 46.5 Å². The first kappa shape index (κ1) is 38.0. The van der Waals surface area contributed by atoms with E-state index in [9.17, 15) is 15.3 Å². The number of aliphatic hydroxyl groups excluding tert-OH is 1. The molecule has 4 rings (SSSR count). The smallest absolute Gasteiger partial charge is 0.122 e. The molecule has 0 spiro atoms. The number of hydrogen-bond acceptors (Lipinski definition) is 5. The zero-order valence-electron chi connectivity index (χ0n) is 26.8. The van der Waals surface area contributed by atoms with Gasteiger partial charge in [0.25, 0.3) is 0 Å². The van der Waals surface area contributed by atoms with Gasteiger partial charge in [0.15, 0.2) is 0 Å². The molecular weight excluding hydrogens is 524 g/mol. The first-order valence-electron chi connectivity index (χ1n) is 15.2. The van der Waals surface area contributed by atoms with Crippen LogP contribution >= 0.6 is 0 Å². The minimum atomic E-state index is -0.837. The molecule has 4 aromatic carbocycles. The summed E-state index contributed by atoms with van der Waals surface area (Å²) in [7, 11) is 0. The molecule has 0 fully saturated rings. The van der Waals surface area contributed by atoms with Gasteiger partial charge in [-0.25, -0.2) is 0 Å². The predicted octanol–water partition coefficient (Wildman–Crippen LogP) is 9.20. The fourth-order valence-corrected chi connectivity index (χ4v) is 3.73. The Balaban J connectivity index is 0.00000194. The van der Waals surface area contributed by atoms with E-state index >= 15 is 0 Å². The summed E-state index contributed by atoms with van der Waals surface area (Å²) in [6.07, 6.45) is 0.209. The Hall–Kier alpha value is -3.96. The lowest BCUT2D eigenvalue weighted by Gasteiger charge is -2.17. The summed E-state index contributed by atoms with van der Waals surface area (Å²) in [6, 6.07) is 29.6. The minimum absolute atomic E-state index is 0.0689. The lowest BCUT2D eigenvalue weighted by molar-refractivity contribution is 0.0620. The number of phenolic OH excluding ortho intramolecular Hbond substituents is 2. The van der Waals surface area contributed by atoms with Crippen LogP contribution in [0, 0.1) is 0 Å². The number of rotatable bonds is 10. The normalized spacial score (nSPS) is 9.38. The monoisotopic (exact) mass is 576 g/mol. The zero-order chi connectivity index (χ0) is 31.8. The Morgan fingerprint density at radius 2 is 0.738 bits per heavy atom. The molecule has 0 amide bonds. The van der Waals surface area contributed by atoms with Crippen molar-refractivity contribution >= 4 is 0 Å². The molecule has 0 aliphatic rings. The third-order valence-electron chi connectivity index (χ3n) is 5.55. The van der Waals surface area contributed by atoms with E-state index in [1.807, 2.05) is 128 Å². The highest BCUT2D eigenvalue weighted by molar-refractivity contribution is 5.43. The Bertz CT molecular complexity index is 1130. The number of aromatic hydroxyl groups is 2. The quantitative estimate of drug-likeness (QED) is 0.175. The van der Waals surface area contributed by atoms with Crippen LogP contribution in [0.5, 0.6) is 23.0 Å². The number of phenols is 2. The number of para-hydroxylation sites is 4. The fraction of sp³-hybridized carbons (Fsp3) is 0.351. The predicted molar refractivity (Wildman–Crippen MR) is 177 cm³/mol. The van der Waals surface area contributed by atoms with Gasteiger partial charge in [-0.15, -0.1) is 0 Å². The first-order chi connectivity index (χ1) is 20.6. The number of benzene rings is 4. The maximum atomic E-state index is 10.5. The molecule has 0 saturated carbocycles. The third kappa shape index (κ3) is 13.1. The van der Waals surface area contributed by atoms with Crippen LogP contribution in [0.3, 0.4) is 0 Å². The van der Waals surface area contributed by atoms with Gasteiger partial charge in [0.1, 0.15) is 42.3 Å². The molecule has 0 unspecified atom stereocenters. The van der Waals surface area contributed by atoms with Gasteiger partial charge in [-0.3, -0.25) is 0 Å². The molecule has 0 radical (unpaired) electrons. The Morgan fingerprint density at radius 1 is 0.452 bits per heavy atom. The highest BCUT2D eigenvalue weighted by Crippen LogP contribution is 2.27. The topological polar surface area (TPSA) is 79.2 Å². The van der Waals surface area contributed by atoms with Gasteiger partial charge in [0.05, 0.1) is 0 Å². The van der Waals surface area contributed by atoms with Crippen LogP contribution in [0.15, 0.2) is 97.1 Å². The highest BCUT2D eigenvalue weighted by Gasteiger charge is 2.13. The van der Waals surface area contributed by atoms with Gasteiger partial charge in [-0.2, -0.15) is 0 Å². The summed E-state index contributed by atoms with van der Waals surface area (Å²) in [5, 5.41) is 30.6. The standard InChI is InChI=1S/C29H28O5.4C2H6/c30-25(19-33-28-15-7-3-11-23(28)17-21-9-1-5-13-26(21)31)20-34-29-16-8-4-12-24(29)18-22-10-2-6-14-27(22)32;4*1-2/h1-16,25,30-32H,17-20H2;4*1-2H3. The largest absolute Gasteiger partial charge is 0.508 e. The van der Waals surface area contributed by atoms with Crippen LogP contribution in [0.2, 0.25) is 0 Å². The van der Waals surface area contributed by atoms with Crippen LogP contribution in [-0.2, 0) is 12.8 Å². The number of aliphatic hydroxyl groups is 1. The van der Waals surface area contributed by atoms with E-state index in [2.05, 4.69) is 0 Å². The van der Waals surface area contributed by atoms with Crippen LogP contribution in [0.25, 0.3) is 0 Å². The third-order valence-corrected chi connectivity index (χ3v) is 5.55. The van der Waals surface area contributed by atoms with Crippen molar-refractivity contribution in [2.24, 2.45) is 0 Å². The van der Waals surface area contributed by atoms with Gasteiger partial charge in [-0.1, -0.05) is 128 Å². The van der Waals surface area contributed by atoms with E-state index in [-0.39, 0.29) is 24.7 Å². The van der Waals surface area contributed by atoms with Gasteiger partial charge in [0.2, 0.25) is 0 Å². The minimum Gasteiger partial charge on any atom is -0.508 e. The van der Waals surface area contributed by atoms with Crippen molar-refractivity contribution in [1.29, 1.82) is 0 Å². The second kappa shape index (κ2) is 23.7. The first-order valence-corrected chi connectivity index (χ1v) is 15.2. The van der Waals surface area contributed by atoms with Crippen molar-refractivity contribution in [1.82, 2.24) is 0 Å². The molecule has 0 atom stereocenters. The summed E-state index contributed by atoms with van der Waals surface area (Å²) < 4.78 is 11.8. The Kier molecular flexibility index (Phi) is 21.5. The molecule has 0 bridgehead atoms. The molecule has 5 nitrogen and oxygen atoms in total. The van der Waals surface area contributed by atoms with Crippen molar-refractivity contribution in [3.63, 3.8) is 0 Å². The van der Waals surface area contributed by atoms with Gasteiger partial charge < -0.3 is 24.8 Å². The van der Waals surface area contributed by atoms with Crippen molar-refractivity contribution in [3.8, 4) is 23.0 Å². The van der Waals surface area contributed by atoms with Crippen molar-refractivity contribution in [2.75, 3.05) is 13.2 Å². The molecule has 0 aliphatic carbocycles. The molecule has 42 heavy (non-hydrogen) atoms. The highest BCUT2D eigenvalue weighted by atomic mass is 16.5.